The molecule has 0 bridgehead atoms. The number of hydrogen-bond donors (Lipinski definition) is 0. The van der Waals surface area contributed by atoms with Crippen molar-refractivity contribution in [2.24, 2.45) is 0 Å². The van der Waals surface area contributed by atoms with Crippen molar-refractivity contribution in [3.8, 4) is 12.1 Å². The van der Waals surface area contributed by atoms with Crippen LogP contribution in [0.25, 0.3) is 0 Å². The van der Waals surface area contributed by atoms with Gasteiger partial charge in [-0.3, -0.25) is 0 Å². The minimum absolute atomic E-state index is 0.0308. The van der Waals surface area contributed by atoms with Gasteiger partial charge in [-0.25, -0.2) is 4.98 Å². The van der Waals surface area contributed by atoms with Crippen molar-refractivity contribution in [3.63, 3.8) is 0 Å². The van der Waals surface area contributed by atoms with Crippen molar-refractivity contribution in [1.82, 2.24) is 9.55 Å². The minimum atomic E-state index is -0.0308. The first-order chi connectivity index (χ1) is 9.81. The molecule has 0 saturated carbocycles. The molecule has 0 aliphatic carbocycles. The zero-order valence-corrected chi connectivity index (χ0v) is 11.9. The summed E-state index contributed by atoms with van der Waals surface area (Å²) in [6.07, 6.45) is 5.37. The molecular formula is C14H8N4S2. The lowest BCUT2D eigenvalue weighted by atomic mass is 10.2. The second kappa shape index (κ2) is 5.30. The van der Waals surface area contributed by atoms with Crippen LogP contribution in [-0.2, 0) is 0 Å². The van der Waals surface area contributed by atoms with E-state index in [1.807, 2.05) is 35.0 Å². The summed E-state index contributed by atoms with van der Waals surface area (Å²) in [5, 5.41) is 18.0. The highest BCUT2D eigenvalue weighted by Gasteiger charge is 2.20. The lowest BCUT2D eigenvalue weighted by Crippen LogP contribution is -2.07. The van der Waals surface area contributed by atoms with Gasteiger partial charge in [-0.2, -0.15) is 10.5 Å². The quantitative estimate of drug-likeness (QED) is 0.744. The molecule has 20 heavy (non-hydrogen) atoms. The molecular weight excluding hydrogens is 288 g/mol. The van der Waals surface area contributed by atoms with E-state index in [1.165, 1.54) is 22.7 Å². The Labute approximate surface area is 123 Å². The van der Waals surface area contributed by atoms with E-state index in [4.69, 9.17) is 10.5 Å². The van der Waals surface area contributed by atoms with Crippen LogP contribution in [0.1, 0.15) is 25.6 Å². The van der Waals surface area contributed by atoms with Crippen molar-refractivity contribution >= 4 is 22.7 Å². The van der Waals surface area contributed by atoms with Gasteiger partial charge in [0.25, 0.3) is 0 Å². The van der Waals surface area contributed by atoms with Crippen molar-refractivity contribution in [3.05, 3.63) is 62.5 Å². The first-order valence-electron chi connectivity index (χ1n) is 5.79. The number of rotatable bonds is 3. The fourth-order valence-electron chi connectivity index (χ4n) is 1.98. The fraction of sp³-hybridized carbons (Fsp3) is 0.0714. The smallest absolute Gasteiger partial charge is 0.110 e. The van der Waals surface area contributed by atoms with Crippen LogP contribution in [0, 0.1) is 22.7 Å². The number of hydrogen-bond acceptors (Lipinski definition) is 5. The second-order valence-corrected chi connectivity index (χ2v) is 6.27. The minimum Gasteiger partial charge on any atom is -0.324 e. The maximum absolute atomic E-state index is 8.98. The van der Waals surface area contributed by atoms with Crippen LogP contribution in [0.3, 0.4) is 0 Å². The molecule has 4 nitrogen and oxygen atoms in total. The van der Waals surface area contributed by atoms with E-state index in [2.05, 4.69) is 17.1 Å². The van der Waals surface area contributed by atoms with Gasteiger partial charge < -0.3 is 4.57 Å². The van der Waals surface area contributed by atoms with Gasteiger partial charge in [0.2, 0.25) is 0 Å². The summed E-state index contributed by atoms with van der Waals surface area (Å²) in [6.45, 7) is 0. The average molecular weight is 296 g/mol. The van der Waals surface area contributed by atoms with Crippen molar-refractivity contribution in [2.45, 2.75) is 6.04 Å². The van der Waals surface area contributed by atoms with E-state index < -0.39 is 0 Å². The van der Waals surface area contributed by atoms with Crippen LogP contribution in [0.2, 0.25) is 0 Å². The van der Waals surface area contributed by atoms with E-state index in [0.717, 1.165) is 9.75 Å². The van der Waals surface area contributed by atoms with Gasteiger partial charge in [-0.1, -0.05) is 0 Å². The predicted octanol–water partition coefficient (Wildman–Crippen LogP) is 3.39. The molecule has 0 unspecified atom stereocenters. The number of imidazole rings is 1. The zero-order valence-electron chi connectivity index (χ0n) is 10.2. The lowest BCUT2D eigenvalue weighted by molar-refractivity contribution is 0.700. The summed E-state index contributed by atoms with van der Waals surface area (Å²) < 4.78 is 1.99. The molecule has 3 heterocycles. The first-order valence-corrected chi connectivity index (χ1v) is 7.42. The Morgan fingerprint density at radius 2 is 1.60 bits per heavy atom. The van der Waals surface area contributed by atoms with Gasteiger partial charge in [0, 0.05) is 22.1 Å². The molecule has 0 amide bonds. The highest BCUT2D eigenvalue weighted by Crippen LogP contribution is 2.35. The fourth-order valence-corrected chi connectivity index (χ4v) is 3.91. The summed E-state index contributed by atoms with van der Waals surface area (Å²) in [5.41, 5.74) is 0. The maximum Gasteiger partial charge on any atom is 0.110 e. The average Bonchev–Trinajstić information content (AvgIpc) is 3.21. The van der Waals surface area contributed by atoms with Crippen LogP contribution in [0.4, 0.5) is 0 Å². The van der Waals surface area contributed by atoms with Crippen molar-refractivity contribution in [2.75, 3.05) is 0 Å². The molecule has 3 rings (SSSR count). The maximum atomic E-state index is 8.98. The molecule has 0 spiro atoms. The Bertz CT molecular complexity index is 747. The third kappa shape index (κ3) is 2.23. The van der Waals surface area contributed by atoms with Gasteiger partial charge in [-0.05, 0) is 24.3 Å². The van der Waals surface area contributed by atoms with Crippen LogP contribution < -0.4 is 0 Å². The molecule has 3 aromatic rings. The zero-order chi connectivity index (χ0) is 13.9. The number of aromatic nitrogens is 2. The van der Waals surface area contributed by atoms with Gasteiger partial charge in [0.1, 0.15) is 27.9 Å². The van der Waals surface area contributed by atoms with Gasteiger partial charge in [0.05, 0.1) is 6.33 Å². The Morgan fingerprint density at radius 1 is 1.00 bits per heavy atom. The molecule has 96 valence electrons. The topological polar surface area (TPSA) is 65.4 Å². The van der Waals surface area contributed by atoms with E-state index in [9.17, 15) is 0 Å². The Morgan fingerprint density at radius 3 is 2.00 bits per heavy atom. The molecule has 6 heteroatoms. The standard InChI is InChI=1S/C14H8N4S2/c15-7-10-1-3-12(19-10)14(18-6-5-17-9-18)13-4-2-11(8-16)20-13/h1-6,9,14H. The summed E-state index contributed by atoms with van der Waals surface area (Å²) in [7, 11) is 0. The normalized spacial score (nSPS) is 10.3. The highest BCUT2D eigenvalue weighted by molar-refractivity contribution is 7.14. The number of nitriles is 2. The van der Waals surface area contributed by atoms with Crippen molar-refractivity contribution < 1.29 is 0 Å². The highest BCUT2D eigenvalue weighted by atomic mass is 32.1. The Balaban J connectivity index is 2.09. The predicted molar refractivity (Wildman–Crippen MR) is 77.5 cm³/mol. The van der Waals surface area contributed by atoms with Crippen LogP contribution in [-0.4, -0.2) is 9.55 Å². The van der Waals surface area contributed by atoms with E-state index in [-0.39, 0.29) is 6.04 Å². The third-order valence-electron chi connectivity index (χ3n) is 2.84. The van der Waals surface area contributed by atoms with E-state index in [1.54, 1.807) is 12.5 Å². The first kappa shape index (κ1) is 12.6. The van der Waals surface area contributed by atoms with E-state index >= 15 is 0 Å². The number of nitrogens with zero attached hydrogens (tertiary/aromatic N) is 4. The van der Waals surface area contributed by atoms with Crippen LogP contribution >= 0.6 is 22.7 Å². The van der Waals surface area contributed by atoms with Crippen molar-refractivity contribution in [1.29, 1.82) is 10.5 Å². The van der Waals surface area contributed by atoms with Gasteiger partial charge in [-0.15, -0.1) is 22.7 Å². The molecule has 0 aromatic carbocycles. The molecule has 0 aliphatic heterocycles. The summed E-state index contributed by atoms with van der Waals surface area (Å²) >= 11 is 2.93. The Kier molecular flexibility index (Phi) is 3.34. The van der Waals surface area contributed by atoms with Gasteiger partial charge >= 0.3 is 0 Å². The van der Waals surface area contributed by atoms with Crippen LogP contribution in [0.15, 0.2) is 43.0 Å². The summed E-state index contributed by atoms with van der Waals surface area (Å²) in [6, 6.07) is 11.8. The summed E-state index contributed by atoms with van der Waals surface area (Å²) in [5.74, 6) is 0. The molecule has 3 aromatic heterocycles. The second-order valence-electron chi connectivity index (χ2n) is 4.04. The molecule has 0 aliphatic rings. The molecule has 0 radical (unpaired) electrons. The SMILES string of the molecule is N#Cc1ccc(C(c2ccc(C#N)s2)n2ccnc2)s1. The molecule has 0 fully saturated rings. The Hall–Kier alpha value is -2.41. The molecule has 0 atom stereocenters. The van der Waals surface area contributed by atoms with E-state index in [0.29, 0.717) is 9.75 Å². The molecule has 0 saturated heterocycles. The lowest BCUT2D eigenvalue weighted by Gasteiger charge is -2.15. The monoisotopic (exact) mass is 296 g/mol. The third-order valence-corrected chi connectivity index (χ3v) is 4.92. The largest absolute Gasteiger partial charge is 0.324 e. The van der Waals surface area contributed by atoms with Crippen LogP contribution in [0.5, 0.6) is 0 Å². The summed E-state index contributed by atoms with van der Waals surface area (Å²) in [4.78, 5) is 7.58. The van der Waals surface area contributed by atoms with Gasteiger partial charge in [0.15, 0.2) is 0 Å². The molecule has 0 N–H and O–H groups in total. The number of thiophene rings is 2.